The van der Waals surface area contributed by atoms with Crippen molar-refractivity contribution in [3.8, 4) is 5.75 Å². The second-order valence-electron chi connectivity index (χ2n) is 9.02. The number of benzene rings is 1. The van der Waals surface area contributed by atoms with Crippen LogP contribution in [0.1, 0.15) is 43.7 Å². The highest BCUT2D eigenvalue weighted by Crippen LogP contribution is 2.31. The molecule has 2 heterocycles. The summed E-state index contributed by atoms with van der Waals surface area (Å²) in [5.74, 6) is 0.576. The number of pyridine rings is 1. The molecule has 8 nitrogen and oxygen atoms in total. The van der Waals surface area contributed by atoms with Gasteiger partial charge in [-0.2, -0.15) is 0 Å². The zero-order valence-electron chi connectivity index (χ0n) is 19.2. The lowest BCUT2D eigenvalue weighted by Crippen LogP contribution is -2.53. The maximum Gasteiger partial charge on any atom is 0.319 e. The fourth-order valence-corrected chi connectivity index (χ4v) is 4.93. The van der Waals surface area contributed by atoms with Gasteiger partial charge in [0.25, 0.3) is 0 Å². The third kappa shape index (κ3) is 5.98. The molecular formula is C25H31ClN4O4. The average Bonchev–Trinajstić information content (AvgIpc) is 2.86. The van der Waals surface area contributed by atoms with Crippen molar-refractivity contribution >= 4 is 29.2 Å². The number of amides is 3. The fraction of sp³-hybridized carbons (Fsp3) is 0.480. The van der Waals surface area contributed by atoms with Gasteiger partial charge in [0.1, 0.15) is 5.75 Å². The number of halogens is 1. The van der Waals surface area contributed by atoms with Crippen LogP contribution in [0.4, 0.5) is 10.5 Å². The van der Waals surface area contributed by atoms with Gasteiger partial charge in [0, 0.05) is 47.4 Å². The number of nitrogens with one attached hydrogen (secondary N) is 2. The lowest BCUT2D eigenvalue weighted by molar-refractivity contribution is -0.138. The van der Waals surface area contributed by atoms with Gasteiger partial charge < -0.3 is 25.4 Å². The van der Waals surface area contributed by atoms with Crippen LogP contribution in [0.5, 0.6) is 5.75 Å². The lowest BCUT2D eigenvalue weighted by Gasteiger charge is -2.40. The summed E-state index contributed by atoms with van der Waals surface area (Å²) in [5, 5.41) is 16.3. The number of urea groups is 1. The molecule has 1 aromatic carbocycles. The molecule has 2 unspecified atom stereocenters. The molecule has 3 amide bonds. The number of nitrogens with zero attached hydrogens (tertiary/aromatic N) is 2. The summed E-state index contributed by atoms with van der Waals surface area (Å²) in [6.45, 7) is 1.04. The highest BCUT2D eigenvalue weighted by atomic mass is 35.5. The first-order valence-corrected chi connectivity index (χ1v) is 12.1. The first kappa shape index (κ1) is 24.3. The van der Waals surface area contributed by atoms with Gasteiger partial charge in [-0.25, -0.2) is 4.79 Å². The summed E-state index contributed by atoms with van der Waals surface area (Å²) >= 11 is 5.93. The number of piperidine rings is 1. The molecule has 2 aromatic rings. The molecule has 1 saturated carbocycles. The summed E-state index contributed by atoms with van der Waals surface area (Å²) in [7, 11) is 1.59. The van der Waals surface area contributed by atoms with Crippen LogP contribution in [0.25, 0.3) is 0 Å². The van der Waals surface area contributed by atoms with E-state index in [-0.39, 0.29) is 35.9 Å². The van der Waals surface area contributed by atoms with E-state index in [0.717, 1.165) is 5.69 Å². The maximum atomic E-state index is 13.2. The zero-order valence-corrected chi connectivity index (χ0v) is 20.0. The van der Waals surface area contributed by atoms with Gasteiger partial charge in [-0.3, -0.25) is 9.78 Å². The number of methoxy groups -OCH3 is 1. The molecule has 0 bridgehead atoms. The van der Waals surface area contributed by atoms with Gasteiger partial charge in [-0.1, -0.05) is 11.6 Å². The van der Waals surface area contributed by atoms with Crippen LogP contribution >= 0.6 is 11.6 Å². The Kier molecular flexibility index (Phi) is 7.90. The van der Waals surface area contributed by atoms with Crippen LogP contribution in [0.15, 0.2) is 42.6 Å². The number of ether oxygens (including phenoxy) is 1. The van der Waals surface area contributed by atoms with E-state index in [1.165, 1.54) is 0 Å². The van der Waals surface area contributed by atoms with Crippen molar-refractivity contribution < 1.29 is 19.4 Å². The molecule has 1 saturated heterocycles. The Bertz CT molecular complexity index is 977. The Morgan fingerprint density at radius 3 is 2.47 bits per heavy atom. The zero-order chi connectivity index (χ0) is 24.1. The third-order valence-corrected chi connectivity index (χ3v) is 7.02. The third-order valence-electron chi connectivity index (χ3n) is 6.76. The smallest absolute Gasteiger partial charge is 0.319 e. The van der Waals surface area contributed by atoms with Crippen molar-refractivity contribution in [3.05, 3.63) is 53.3 Å². The quantitative estimate of drug-likeness (QED) is 0.596. The number of rotatable bonds is 5. The normalized spacial score (nSPS) is 24.9. The minimum Gasteiger partial charge on any atom is -0.495 e. The fourth-order valence-electron chi connectivity index (χ4n) is 4.81. The number of aliphatic hydroxyl groups is 1. The van der Waals surface area contributed by atoms with Crippen molar-refractivity contribution in [1.82, 2.24) is 15.2 Å². The van der Waals surface area contributed by atoms with Gasteiger partial charge in [-0.15, -0.1) is 0 Å². The SMILES string of the molecule is COc1ccc(C2CN(C(=O)C3CCC(O)CC3)CCC2NC(=O)Nc2ccc(Cl)cc2)nc1. The van der Waals surface area contributed by atoms with Gasteiger partial charge in [0.05, 0.1) is 19.4 Å². The molecule has 1 aliphatic heterocycles. The molecule has 0 radical (unpaired) electrons. The number of hydrogen-bond acceptors (Lipinski definition) is 5. The van der Waals surface area contributed by atoms with Gasteiger partial charge in [0.15, 0.2) is 0 Å². The van der Waals surface area contributed by atoms with E-state index in [9.17, 15) is 14.7 Å². The molecular weight excluding hydrogens is 456 g/mol. The van der Waals surface area contributed by atoms with Crippen molar-refractivity contribution in [2.45, 2.75) is 50.2 Å². The molecule has 1 aliphatic carbocycles. The highest BCUT2D eigenvalue weighted by molar-refractivity contribution is 6.30. The Morgan fingerprint density at radius 2 is 1.82 bits per heavy atom. The topological polar surface area (TPSA) is 104 Å². The van der Waals surface area contributed by atoms with Crippen molar-refractivity contribution in [1.29, 1.82) is 0 Å². The molecule has 4 rings (SSSR count). The van der Waals surface area contributed by atoms with Crippen LogP contribution in [-0.4, -0.2) is 59.3 Å². The van der Waals surface area contributed by atoms with E-state index < -0.39 is 0 Å². The maximum absolute atomic E-state index is 13.2. The number of likely N-dealkylation sites (tertiary alicyclic amines) is 1. The summed E-state index contributed by atoms with van der Waals surface area (Å²) in [5.41, 5.74) is 1.45. The van der Waals surface area contributed by atoms with Gasteiger partial charge in [-0.05, 0) is 68.5 Å². The Morgan fingerprint density at radius 1 is 1.09 bits per heavy atom. The van der Waals surface area contributed by atoms with E-state index in [1.54, 1.807) is 37.6 Å². The van der Waals surface area contributed by atoms with Crippen LogP contribution < -0.4 is 15.4 Å². The summed E-state index contributed by atoms with van der Waals surface area (Å²) in [6, 6.07) is 10.2. The lowest BCUT2D eigenvalue weighted by atomic mass is 9.84. The number of aromatic nitrogens is 1. The highest BCUT2D eigenvalue weighted by Gasteiger charge is 2.37. The summed E-state index contributed by atoms with van der Waals surface area (Å²) < 4.78 is 5.23. The van der Waals surface area contributed by atoms with Crippen molar-refractivity contribution in [2.24, 2.45) is 5.92 Å². The van der Waals surface area contributed by atoms with E-state index in [1.807, 2.05) is 17.0 Å². The van der Waals surface area contributed by atoms with Gasteiger partial charge >= 0.3 is 6.03 Å². The summed E-state index contributed by atoms with van der Waals surface area (Å²) in [4.78, 5) is 32.4. The Hall–Kier alpha value is -2.84. The predicted molar refractivity (Wildman–Crippen MR) is 130 cm³/mol. The number of carbonyl (C=O) groups is 2. The molecule has 2 fully saturated rings. The standard InChI is InChI=1S/C25H31ClN4O4/c1-34-20-10-11-22(27-14-20)21-15-30(24(32)16-2-8-19(31)9-3-16)13-12-23(21)29-25(33)28-18-6-4-17(26)5-7-18/h4-7,10-11,14,16,19,21,23,31H,2-3,8-9,12-13,15H2,1H3,(H2,28,29,33). The molecule has 34 heavy (non-hydrogen) atoms. The van der Waals surface area contributed by atoms with E-state index in [0.29, 0.717) is 61.7 Å². The summed E-state index contributed by atoms with van der Waals surface area (Å²) in [6.07, 6.45) is 4.75. The number of anilines is 1. The van der Waals surface area contributed by atoms with Crippen LogP contribution in [0, 0.1) is 5.92 Å². The molecule has 0 spiro atoms. The molecule has 3 N–H and O–H groups in total. The van der Waals surface area contributed by atoms with Crippen LogP contribution in [-0.2, 0) is 4.79 Å². The number of hydrogen-bond donors (Lipinski definition) is 3. The van der Waals surface area contributed by atoms with E-state index in [2.05, 4.69) is 15.6 Å². The van der Waals surface area contributed by atoms with Crippen LogP contribution in [0.3, 0.4) is 0 Å². The van der Waals surface area contributed by atoms with Crippen molar-refractivity contribution in [2.75, 3.05) is 25.5 Å². The number of aliphatic hydroxyl groups excluding tert-OH is 1. The first-order chi connectivity index (χ1) is 16.4. The number of carbonyl (C=O) groups excluding carboxylic acids is 2. The molecule has 9 heteroatoms. The Labute approximate surface area is 204 Å². The first-order valence-electron chi connectivity index (χ1n) is 11.7. The minimum atomic E-state index is -0.313. The monoisotopic (exact) mass is 486 g/mol. The van der Waals surface area contributed by atoms with E-state index in [4.69, 9.17) is 16.3 Å². The molecule has 2 aliphatic rings. The predicted octanol–water partition coefficient (Wildman–Crippen LogP) is 3.80. The Balaban J connectivity index is 1.47. The second-order valence-corrected chi connectivity index (χ2v) is 9.46. The average molecular weight is 487 g/mol. The van der Waals surface area contributed by atoms with Crippen LogP contribution in [0.2, 0.25) is 5.02 Å². The largest absolute Gasteiger partial charge is 0.495 e. The van der Waals surface area contributed by atoms with E-state index >= 15 is 0 Å². The van der Waals surface area contributed by atoms with Gasteiger partial charge in [0.2, 0.25) is 5.91 Å². The minimum absolute atomic E-state index is 0.0504. The van der Waals surface area contributed by atoms with Crippen molar-refractivity contribution in [3.63, 3.8) is 0 Å². The molecule has 182 valence electrons. The molecule has 1 aromatic heterocycles. The molecule has 2 atom stereocenters. The second kappa shape index (κ2) is 11.1.